The lowest BCUT2D eigenvalue weighted by atomic mass is 9.50. The Kier molecular flexibility index (Phi) is 3.06. The molecule has 4 aliphatic rings. The van der Waals surface area contributed by atoms with E-state index in [0.717, 1.165) is 34.1 Å². The van der Waals surface area contributed by atoms with Crippen molar-refractivity contribution < 1.29 is 4.74 Å². The lowest BCUT2D eigenvalue weighted by molar-refractivity contribution is -0.00555. The standard InChI is InChI=1S/C19H22N2OS/c1-22-16-4-2-15(3-5-16)17-20-21-18(23-17)19-9-12-6-13(10-19)8-14(7-12)11-19/h2-5,12-14H,6-11H2,1H3. The van der Waals surface area contributed by atoms with E-state index >= 15 is 0 Å². The van der Waals surface area contributed by atoms with E-state index in [1.807, 2.05) is 23.5 Å². The summed E-state index contributed by atoms with van der Waals surface area (Å²) >= 11 is 1.82. The van der Waals surface area contributed by atoms with Crippen LogP contribution in [-0.4, -0.2) is 17.3 Å². The van der Waals surface area contributed by atoms with Gasteiger partial charge in [-0.25, -0.2) is 0 Å². The van der Waals surface area contributed by atoms with E-state index in [0.29, 0.717) is 5.41 Å². The molecule has 1 aromatic carbocycles. The molecule has 0 radical (unpaired) electrons. The zero-order chi connectivity index (χ0) is 15.4. The maximum atomic E-state index is 5.24. The predicted octanol–water partition coefficient (Wildman–Crippen LogP) is 4.68. The van der Waals surface area contributed by atoms with Crippen LogP contribution in [-0.2, 0) is 5.41 Å². The molecule has 23 heavy (non-hydrogen) atoms. The summed E-state index contributed by atoms with van der Waals surface area (Å²) in [5.41, 5.74) is 1.51. The molecule has 0 unspecified atom stereocenters. The number of nitrogens with zero attached hydrogens (tertiary/aromatic N) is 2. The number of rotatable bonds is 3. The predicted molar refractivity (Wildman–Crippen MR) is 91.7 cm³/mol. The first kappa shape index (κ1) is 14.0. The van der Waals surface area contributed by atoms with Gasteiger partial charge in [0.1, 0.15) is 15.8 Å². The summed E-state index contributed by atoms with van der Waals surface area (Å²) in [6.07, 6.45) is 8.50. The van der Waals surface area contributed by atoms with Gasteiger partial charge in [0.15, 0.2) is 0 Å². The van der Waals surface area contributed by atoms with E-state index < -0.39 is 0 Å². The van der Waals surface area contributed by atoms with Crippen LogP contribution in [0.2, 0.25) is 0 Å². The maximum absolute atomic E-state index is 5.24. The summed E-state index contributed by atoms with van der Waals surface area (Å²) in [5.74, 6) is 3.75. The highest BCUT2D eigenvalue weighted by Gasteiger charge is 2.53. The van der Waals surface area contributed by atoms with Crippen LogP contribution >= 0.6 is 11.3 Å². The van der Waals surface area contributed by atoms with Gasteiger partial charge in [0, 0.05) is 11.0 Å². The maximum Gasteiger partial charge on any atom is 0.147 e. The lowest BCUT2D eigenvalue weighted by Gasteiger charge is -2.55. The Hall–Kier alpha value is -1.42. The van der Waals surface area contributed by atoms with E-state index in [2.05, 4.69) is 22.3 Å². The van der Waals surface area contributed by atoms with E-state index in [1.54, 1.807) is 7.11 Å². The van der Waals surface area contributed by atoms with E-state index in [9.17, 15) is 0 Å². The second-order valence-corrected chi connectivity index (χ2v) is 8.82. The summed E-state index contributed by atoms with van der Waals surface area (Å²) < 4.78 is 5.24. The Morgan fingerprint density at radius 3 is 2.13 bits per heavy atom. The minimum Gasteiger partial charge on any atom is -0.497 e. The van der Waals surface area contributed by atoms with Crippen LogP contribution in [0, 0.1) is 17.8 Å². The third-order valence-electron chi connectivity index (χ3n) is 6.25. The van der Waals surface area contributed by atoms with Crippen molar-refractivity contribution in [1.82, 2.24) is 10.2 Å². The van der Waals surface area contributed by atoms with Crippen LogP contribution in [0.25, 0.3) is 10.6 Å². The molecular weight excluding hydrogens is 304 g/mol. The van der Waals surface area contributed by atoms with E-state index in [-0.39, 0.29) is 0 Å². The summed E-state index contributed by atoms with van der Waals surface area (Å²) in [7, 11) is 1.70. The number of benzene rings is 1. The molecule has 0 saturated heterocycles. The average molecular weight is 326 g/mol. The second kappa shape index (κ2) is 5.04. The summed E-state index contributed by atoms with van der Waals surface area (Å²) in [4.78, 5) is 0. The fraction of sp³-hybridized carbons (Fsp3) is 0.579. The van der Waals surface area contributed by atoms with Gasteiger partial charge in [0.2, 0.25) is 0 Å². The molecule has 0 N–H and O–H groups in total. The van der Waals surface area contributed by atoms with Gasteiger partial charge in [-0.05, 0) is 80.5 Å². The molecule has 3 nitrogen and oxygen atoms in total. The van der Waals surface area contributed by atoms with Crippen LogP contribution in [0.1, 0.15) is 43.5 Å². The molecule has 4 fully saturated rings. The third kappa shape index (κ3) is 2.22. The minimum absolute atomic E-state index is 0.358. The number of hydrogen-bond acceptors (Lipinski definition) is 4. The molecule has 2 aromatic rings. The monoisotopic (exact) mass is 326 g/mol. The highest BCUT2D eigenvalue weighted by Crippen LogP contribution is 2.61. The molecule has 4 heteroatoms. The van der Waals surface area contributed by atoms with Crippen LogP contribution in [0.3, 0.4) is 0 Å². The molecule has 4 saturated carbocycles. The largest absolute Gasteiger partial charge is 0.497 e. The quantitative estimate of drug-likeness (QED) is 0.821. The third-order valence-corrected chi connectivity index (χ3v) is 7.47. The van der Waals surface area contributed by atoms with Gasteiger partial charge in [-0.15, -0.1) is 10.2 Å². The van der Waals surface area contributed by atoms with Gasteiger partial charge in [-0.2, -0.15) is 0 Å². The molecular formula is C19H22N2OS. The minimum atomic E-state index is 0.358. The van der Waals surface area contributed by atoms with E-state index in [4.69, 9.17) is 4.74 Å². The Morgan fingerprint density at radius 2 is 1.57 bits per heavy atom. The van der Waals surface area contributed by atoms with Crippen LogP contribution in [0.15, 0.2) is 24.3 Å². The van der Waals surface area contributed by atoms with Crippen molar-refractivity contribution >= 4 is 11.3 Å². The number of aromatic nitrogens is 2. The smallest absolute Gasteiger partial charge is 0.147 e. The zero-order valence-corrected chi connectivity index (χ0v) is 14.3. The van der Waals surface area contributed by atoms with Crippen molar-refractivity contribution in [3.63, 3.8) is 0 Å². The molecule has 0 amide bonds. The molecule has 0 atom stereocenters. The molecule has 6 rings (SSSR count). The van der Waals surface area contributed by atoms with Gasteiger partial charge in [-0.3, -0.25) is 0 Å². The summed E-state index contributed by atoms with van der Waals surface area (Å²) in [5, 5.41) is 11.6. The molecule has 4 aliphatic carbocycles. The average Bonchev–Trinajstić information content (AvgIpc) is 3.04. The molecule has 0 spiro atoms. The van der Waals surface area contributed by atoms with Gasteiger partial charge in [0.05, 0.1) is 7.11 Å². The molecule has 1 aromatic heterocycles. The Labute approximate surface area is 141 Å². The molecule has 4 bridgehead atoms. The van der Waals surface area contributed by atoms with Crippen molar-refractivity contribution in [2.45, 2.75) is 43.9 Å². The number of hydrogen-bond donors (Lipinski definition) is 0. The topological polar surface area (TPSA) is 35.0 Å². The summed E-state index contributed by atoms with van der Waals surface area (Å²) in [6, 6.07) is 8.17. The molecule has 1 heterocycles. The Balaban J connectivity index is 1.47. The van der Waals surface area contributed by atoms with Crippen molar-refractivity contribution in [2.24, 2.45) is 17.8 Å². The first-order chi connectivity index (χ1) is 11.2. The van der Waals surface area contributed by atoms with Crippen LogP contribution in [0.5, 0.6) is 5.75 Å². The fourth-order valence-electron chi connectivity index (χ4n) is 5.66. The highest BCUT2D eigenvalue weighted by atomic mass is 32.1. The number of ether oxygens (including phenoxy) is 1. The van der Waals surface area contributed by atoms with Gasteiger partial charge in [0.25, 0.3) is 0 Å². The van der Waals surface area contributed by atoms with Crippen molar-refractivity contribution in [3.8, 4) is 16.3 Å². The van der Waals surface area contributed by atoms with Crippen molar-refractivity contribution in [3.05, 3.63) is 29.3 Å². The number of methoxy groups -OCH3 is 1. The fourth-order valence-corrected chi connectivity index (χ4v) is 6.73. The van der Waals surface area contributed by atoms with Gasteiger partial charge in [-0.1, -0.05) is 11.3 Å². The normalized spacial score (nSPS) is 34.7. The lowest BCUT2D eigenvalue weighted by Crippen LogP contribution is -2.48. The second-order valence-electron chi connectivity index (χ2n) is 7.84. The van der Waals surface area contributed by atoms with Crippen molar-refractivity contribution in [1.29, 1.82) is 0 Å². The van der Waals surface area contributed by atoms with E-state index in [1.165, 1.54) is 43.5 Å². The highest BCUT2D eigenvalue weighted by molar-refractivity contribution is 7.14. The Morgan fingerprint density at radius 1 is 0.957 bits per heavy atom. The van der Waals surface area contributed by atoms with Crippen LogP contribution < -0.4 is 4.74 Å². The summed E-state index contributed by atoms with van der Waals surface area (Å²) in [6.45, 7) is 0. The van der Waals surface area contributed by atoms with Crippen LogP contribution in [0.4, 0.5) is 0 Å². The van der Waals surface area contributed by atoms with Gasteiger partial charge >= 0.3 is 0 Å². The first-order valence-electron chi connectivity index (χ1n) is 8.72. The van der Waals surface area contributed by atoms with Gasteiger partial charge < -0.3 is 4.74 Å². The first-order valence-corrected chi connectivity index (χ1v) is 9.54. The molecule has 0 aliphatic heterocycles. The Bertz CT molecular complexity index is 686. The molecule has 120 valence electrons. The SMILES string of the molecule is COc1ccc(-c2nnc(C34CC5CC(CC(C5)C3)C4)s2)cc1. The zero-order valence-electron chi connectivity index (χ0n) is 13.5. The van der Waals surface area contributed by atoms with Crippen molar-refractivity contribution in [2.75, 3.05) is 7.11 Å².